The molecule has 0 heterocycles. The molecule has 2 aromatic rings. The van der Waals surface area contributed by atoms with Crippen molar-refractivity contribution in [1.29, 1.82) is 10.5 Å². The molecule has 0 radical (unpaired) electrons. The number of rotatable bonds is 6. The van der Waals surface area contributed by atoms with Crippen LogP contribution in [0.1, 0.15) is 12.5 Å². The van der Waals surface area contributed by atoms with Crippen molar-refractivity contribution >= 4 is 11.7 Å². The lowest BCUT2D eigenvalue weighted by molar-refractivity contribution is 0.251. The maximum atomic E-state index is 11.7. The van der Waals surface area contributed by atoms with Gasteiger partial charge in [0.05, 0.1) is 24.5 Å². The van der Waals surface area contributed by atoms with E-state index in [9.17, 15) is 4.79 Å². The third-order valence-electron chi connectivity index (χ3n) is 3.34. The van der Waals surface area contributed by atoms with E-state index in [0.29, 0.717) is 30.2 Å². The summed E-state index contributed by atoms with van der Waals surface area (Å²) in [5.41, 5.74) is 1.56. The van der Waals surface area contributed by atoms with Gasteiger partial charge in [0.15, 0.2) is 0 Å². The number of benzene rings is 2. The summed E-state index contributed by atoms with van der Waals surface area (Å²) in [6.07, 6.45) is 0.371. The molecule has 0 aliphatic carbocycles. The van der Waals surface area contributed by atoms with Crippen LogP contribution < -0.4 is 15.4 Å². The first kappa shape index (κ1) is 17.8. The summed E-state index contributed by atoms with van der Waals surface area (Å²) < 4.78 is 5.72. The lowest BCUT2D eigenvalue weighted by Gasteiger charge is -2.10. The predicted molar refractivity (Wildman–Crippen MR) is 94.1 cm³/mol. The Kier molecular flexibility index (Phi) is 6.39. The summed E-state index contributed by atoms with van der Waals surface area (Å²) in [5, 5.41) is 22.7. The zero-order chi connectivity index (χ0) is 18.1. The fraction of sp³-hybridized carbons (Fsp3) is 0.211. The van der Waals surface area contributed by atoms with Crippen molar-refractivity contribution in [1.82, 2.24) is 5.32 Å². The van der Waals surface area contributed by atoms with Gasteiger partial charge in [0.1, 0.15) is 11.5 Å². The minimum absolute atomic E-state index is 0.235. The maximum Gasteiger partial charge on any atom is 0.319 e. The van der Waals surface area contributed by atoms with E-state index in [0.717, 1.165) is 5.56 Å². The molecular formula is C19H18N4O2. The van der Waals surface area contributed by atoms with E-state index in [2.05, 4.69) is 22.8 Å². The molecule has 1 unspecified atom stereocenters. The van der Waals surface area contributed by atoms with E-state index in [1.807, 2.05) is 24.3 Å². The molecule has 2 rings (SSSR count). The Morgan fingerprint density at radius 3 is 2.24 bits per heavy atom. The normalized spacial score (nSPS) is 10.8. The average Bonchev–Trinajstić information content (AvgIpc) is 2.63. The van der Waals surface area contributed by atoms with Gasteiger partial charge in [0, 0.05) is 12.2 Å². The van der Waals surface area contributed by atoms with Gasteiger partial charge in [-0.05, 0) is 48.9 Å². The number of nitriles is 2. The highest BCUT2D eigenvalue weighted by Crippen LogP contribution is 2.23. The molecule has 126 valence electrons. The second-order valence-corrected chi connectivity index (χ2v) is 5.47. The molecule has 2 amide bonds. The van der Waals surface area contributed by atoms with Crippen molar-refractivity contribution in [3.8, 4) is 23.6 Å². The number of anilines is 1. The molecule has 0 saturated heterocycles. The Balaban J connectivity index is 1.88. The van der Waals surface area contributed by atoms with E-state index in [1.165, 1.54) is 0 Å². The molecule has 0 aliphatic rings. The van der Waals surface area contributed by atoms with Gasteiger partial charge in [-0.15, -0.1) is 0 Å². The van der Waals surface area contributed by atoms with Gasteiger partial charge in [-0.3, -0.25) is 0 Å². The third kappa shape index (κ3) is 5.89. The summed E-state index contributed by atoms with van der Waals surface area (Å²) in [7, 11) is 0. The van der Waals surface area contributed by atoms with Crippen LogP contribution in [0.15, 0.2) is 48.5 Å². The molecule has 25 heavy (non-hydrogen) atoms. The van der Waals surface area contributed by atoms with Crippen LogP contribution in [-0.2, 0) is 6.42 Å². The first-order chi connectivity index (χ1) is 12.1. The van der Waals surface area contributed by atoms with E-state index in [4.69, 9.17) is 15.3 Å². The second-order valence-electron chi connectivity index (χ2n) is 5.47. The second kappa shape index (κ2) is 8.95. The highest BCUT2D eigenvalue weighted by Gasteiger charge is 2.05. The Labute approximate surface area is 146 Å². The number of hydrogen-bond donors (Lipinski definition) is 2. The highest BCUT2D eigenvalue weighted by molar-refractivity contribution is 5.89. The summed E-state index contributed by atoms with van der Waals surface area (Å²) in [6.45, 7) is 2.03. The summed E-state index contributed by atoms with van der Waals surface area (Å²) >= 11 is 0. The van der Waals surface area contributed by atoms with E-state index in [1.54, 1.807) is 31.2 Å². The molecule has 0 spiro atoms. The minimum Gasteiger partial charge on any atom is -0.457 e. The minimum atomic E-state index is -0.358. The van der Waals surface area contributed by atoms with Gasteiger partial charge >= 0.3 is 6.03 Å². The van der Waals surface area contributed by atoms with E-state index >= 15 is 0 Å². The Hall–Kier alpha value is -3.51. The smallest absolute Gasteiger partial charge is 0.319 e. The van der Waals surface area contributed by atoms with Crippen LogP contribution in [0.4, 0.5) is 10.5 Å². The largest absolute Gasteiger partial charge is 0.457 e. The highest BCUT2D eigenvalue weighted by atomic mass is 16.5. The molecule has 2 N–H and O–H groups in total. The van der Waals surface area contributed by atoms with Gasteiger partial charge in [0.25, 0.3) is 0 Å². The lowest BCUT2D eigenvalue weighted by atomic mass is 10.2. The van der Waals surface area contributed by atoms with Crippen molar-refractivity contribution in [2.75, 3.05) is 11.9 Å². The van der Waals surface area contributed by atoms with Crippen LogP contribution in [0.3, 0.4) is 0 Å². The third-order valence-corrected chi connectivity index (χ3v) is 3.34. The Bertz CT molecular complexity index is 786. The number of nitrogens with zero attached hydrogens (tertiary/aromatic N) is 2. The van der Waals surface area contributed by atoms with Crippen LogP contribution >= 0.6 is 0 Å². The summed E-state index contributed by atoms with van der Waals surface area (Å²) in [5.74, 6) is 1.07. The van der Waals surface area contributed by atoms with Crippen molar-refractivity contribution in [3.63, 3.8) is 0 Å². The molecule has 6 nitrogen and oxygen atoms in total. The SMILES string of the molecule is CC(C#N)CNC(=O)Nc1ccc(Oc2ccc(CC#N)cc2)cc1. The molecule has 6 heteroatoms. The lowest BCUT2D eigenvalue weighted by Crippen LogP contribution is -2.31. The fourth-order valence-electron chi connectivity index (χ4n) is 1.98. The maximum absolute atomic E-state index is 11.7. The van der Waals surface area contributed by atoms with Crippen LogP contribution in [0.2, 0.25) is 0 Å². The van der Waals surface area contributed by atoms with Crippen molar-refractivity contribution in [2.45, 2.75) is 13.3 Å². The molecule has 0 saturated carbocycles. The first-order valence-corrected chi connectivity index (χ1v) is 7.79. The van der Waals surface area contributed by atoms with Crippen LogP contribution in [0.25, 0.3) is 0 Å². The van der Waals surface area contributed by atoms with Gasteiger partial charge in [-0.25, -0.2) is 4.79 Å². The molecule has 0 aromatic heterocycles. The summed E-state index contributed by atoms with van der Waals surface area (Å²) in [6, 6.07) is 18.1. The van der Waals surface area contributed by atoms with Gasteiger partial charge < -0.3 is 15.4 Å². The van der Waals surface area contributed by atoms with E-state index < -0.39 is 0 Å². The molecule has 2 aromatic carbocycles. The number of ether oxygens (including phenoxy) is 1. The molecular weight excluding hydrogens is 316 g/mol. The number of urea groups is 1. The number of hydrogen-bond acceptors (Lipinski definition) is 4. The Morgan fingerprint density at radius 1 is 1.08 bits per heavy atom. The van der Waals surface area contributed by atoms with Crippen molar-refractivity contribution in [2.24, 2.45) is 5.92 Å². The number of carbonyl (C=O) groups excluding carboxylic acids is 1. The average molecular weight is 334 g/mol. The molecule has 1 atom stereocenters. The van der Waals surface area contributed by atoms with Gasteiger partial charge in [0.2, 0.25) is 0 Å². The first-order valence-electron chi connectivity index (χ1n) is 7.79. The molecule has 0 fully saturated rings. The molecule has 0 aliphatic heterocycles. The van der Waals surface area contributed by atoms with Crippen LogP contribution in [-0.4, -0.2) is 12.6 Å². The van der Waals surface area contributed by atoms with Crippen molar-refractivity contribution < 1.29 is 9.53 Å². The zero-order valence-electron chi connectivity index (χ0n) is 13.8. The standard InChI is InChI=1S/C19H18N4O2/c1-14(12-21)13-22-19(24)23-16-4-8-18(9-5-16)25-17-6-2-15(3-7-17)10-11-20/h2-9,14H,10,13H2,1H3,(H2,22,23,24). The quantitative estimate of drug-likeness (QED) is 0.839. The number of carbonyl (C=O) groups is 1. The Morgan fingerprint density at radius 2 is 1.68 bits per heavy atom. The number of nitrogens with one attached hydrogen (secondary N) is 2. The summed E-state index contributed by atoms with van der Waals surface area (Å²) in [4.78, 5) is 11.7. The van der Waals surface area contributed by atoms with E-state index in [-0.39, 0.29) is 11.9 Å². The monoisotopic (exact) mass is 334 g/mol. The molecule has 0 bridgehead atoms. The predicted octanol–water partition coefficient (Wildman–Crippen LogP) is 3.83. The zero-order valence-corrected chi connectivity index (χ0v) is 13.8. The van der Waals surface area contributed by atoms with Crippen LogP contribution in [0, 0.1) is 28.6 Å². The number of amides is 2. The topological polar surface area (TPSA) is 97.9 Å². The van der Waals surface area contributed by atoms with Gasteiger partial charge in [-0.2, -0.15) is 10.5 Å². The fourth-order valence-corrected chi connectivity index (χ4v) is 1.98. The van der Waals surface area contributed by atoms with Crippen LogP contribution in [0.5, 0.6) is 11.5 Å². The van der Waals surface area contributed by atoms with Gasteiger partial charge in [-0.1, -0.05) is 12.1 Å². The van der Waals surface area contributed by atoms with Crippen molar-refractivity contribution in [3.05, 3.63) is 54.1 Å².